The molecule has 18 heavy (non-hydrogen) atoms. The summed E-state index contributed by atoms with van der Waals surface area (Å²) < 4.78 is 13.2. The Balaban J connectivity index is 2.46. The van der Waals surface area contributed by atoms with Crippen LogP contribution < -0.4 is 4.90 Å². The Morgan fingerprint density at radius 3 is 2.56 bits per heavy atom. The van der Waals surface area contributed by atoms with Gasteiger partial charge in [-0.25, -0.2) is 4.39 Å². The molecule has 2 aromatic rings. The Labute approximate surface area is 110 Å². The average molecular weight is 266 g/mol. The second kappa shape index (κ2) is 4.90. The molecule has 0 aliphatic carbocycles. The van der Waals surface area contributed by atoms with E-state index in [0.717, 1.165) is 11.1 Å². The summed E-state index contributed by atoms with van der Waals surface area (Å²) in [7, 11) is 1.82. The maximum Gasteiger partial charge on any atom is 0.158 e. The molecule has 0 radical (unpaired) electrons. The van der Waals surface area contributed by atoms with Crippen LogP contribution in [0.15, 0.2) is 24.3 Å². The lowest BCUT2D eigenvalue weighted by atomic mass is 10.2. The standard InChI is InChI=1S/C13H13ClFN3/c1-8-9(2)13(17-16-12(8)14)18(3)11-6-4-5-10(15)7-11/h4-7H,1-3H3. The number of nitrogens with zero attached hydrogens (tertiary/aromatic N) is 3. The zero-order valence-corrected chi connectivity index (χ0v) is 11.2. The van der Waals surface area contributed by atoms with Gasteiger partial charge in [0.2, 0.25) is 0 Å². The first kappa shape index (κ1) is 12.8. The SMILES string of the molecule is Cc1c(Cl)nnc(N(C)c2cccc(F)c2)c1C. The normalized spacial score (nSPS) is 10.5. The Morgan fingerprint density at radius 1 is 1.17 bits per heavy atom. The van der Waals surface area contributed by atoms with E-state index in [1.807, 2.05) is 27.0 Å². The van der Waals surface area contributed by atoms with Gasteiger partial charge < -0.3 is 4.90 Å². The molecule has 0 saturated heterocycles. The van der Waals surface area contributed by atoms with Crippen molar-refractivity contribution in [2.24, 2.45) is 0 Å². The number of rotatable bonds is 2. The first-order valence-corrected chi connectivity index (χ1v) is 5.87. The fourth-order valence-electron chi connectivity index (χ4n) is 1.69. The van der Waals surface area contributed by atoms with Gasteiger partial charge in [0.1, 0.15) is 5.82 Å². The summed E-state index contributed by atoms with van der Waals surface area (Å²) in [5.41, 5.74) is 2.53. The van der Waals surface area contributed by atoms with Crippen molar-refractivity contribution in [2.45, 2.75) is 13.8 Å². The van der Waals surface area contributed by atoms with Crippen molar-refractivity contribution >= 4 is 23.1 Å². The summed E-state index contributed by atoms with van der Waals surface area (Å²) in [6, 6.07) is 6.33. The molecule has 1 heterocycles. The summed E-state index contributed by atoms with van der Waals surface area (Å²) in [5.74, 6) is 0.387. The van der Waals surface area contributed by atoms with E-state index in [-0.39, 0.29) is 5.82 Å². The number of halogens is 2. The second-order valence-electron chi connectivity index (χ2n) is 4.10. The van der Waals surface area contributed by atoms with E-state index in [4.69, 9.17) is 11.6 Å². The summed E-state index contributed by atoms with van der Waals surface area (Å²) in [6.07, 6.45) is 0. The minimum absolute atomic E-state index is 0.282. The van der Waals surface area contributed by atoms with Crippen LogP contribution in [0.5, 0.6) is 0 Å². The Hall–Kier alpha value is -1.68. The van der Waals surface area contributed by atoms with Crippen LogP contribution in [0.1, 0.15) is 11.1 Å². The van der Waals surface area contributed by atoms with Gasteiger partial charge in [-0.1, -0.05) is 17.7 Å². The van der Waals surface area contributed by atoms with Crippen molar-refractivity contribution in [1.29, 1.82) is 0 Å². The van der Waals surface area contributed by atoms with Crippen molar-refractivity contribution in [2.75, 3.05) is 11.9 Å². The molecule has 94 valence electrons. The van der Waals surface area contributed by atoms with Crippen molar-refractivity contribution in [3.8, 4) is 0 Å². The molecular formula is C13H13ClFN3. The van der Waals surface area contributed by atoms with Crippen molar-refractivity contribution in [1.82, 2.24) is 10.2 Å². The van der Waals surface area contributed by atoms with Gasteiger partial charge in [-0.15, -0.1) is 10.2 Å². The molecule has 0 bridgehead atoms. The Kier molecular flexibility index (Phi) is 3.48. The van der Waals surface area contributed by atoms with E-state index in [1.54, 1.807) is 11.0 Å². The maximum atomic E-state index is 13.2. The third-order valence-corrected chi connectivity index (χ3v) is 3.31. The van der Waals surface area contributed by atoms with E-state index in [2.05, 4.69) is 10.2 Å². The van der Waals surface area contributed by atoms with Gasteiger partial charge in [-0.2, -0.15) is 0 Å². The molecule has 1 aromatic heterocycles. The monoisotopic (exact) mass is 265 g/mol. The van der Waals surface area contributed by atoms with Gasteiger partial charge in [0, 0.05) is 12.7 Å². The molecule has 0 spiro atoms. The van der Waals surface area contributed by atoms with E-state index in [1.165, 1.54) is 12.1 Å². The zero-order chi connectivity index (χ0) is 13.3. The average Bonchev–Trinajstić information content (AvgIpc) is 2.35. The van der Waals surface area contributed by atoms with Crippen molar-refractivity contribution in [3.05, 3.63) is 46.4 Å². The molecular weight excluding hydrogens is 253 g/mol. The first-order chi connectivity index (χ1) is 8.50. The van der Waals surface area contributed by atoms with Gasteiger partial charge in [-0.05, 0) is 43.2 Å². The lowest BCUT2D eigenvalue weighted by molar-refractivity contribution is 0.628. The molecule has 5 heteroatoms. The second-order valence-corrected chi connectivity index (χ2v) is 4.46. The predicted octanol–water partition coefficient (Wildman–Crippen LogP) is 3.65. The van der Waals surface area contributed by atoms with Gasteiger partial charge in [0.25, 0.3) is 0 Å². The van der Waals surface area contributed by atoms with Gasteiger partial charge in [-0.3, -0.25) is 0 Å². The van der Waals surface area contributed by atoms with Gasteiger partial charge in [0.05, 0.1) is 0 Å². The molecule has 0 atom stereocenters. The fraction of sp³-hybridized carbons (Fsp3) is 0.231. The summed E-state index contributed by atoms with van der Waals surface area (Å²) in [6.45, 7) is 3.80. The molecule has 0 amide bonds. The van der Waals surface area contributed by atoms with Gasteiger partial charge in [0.15, 0.2) is 11.0 Å². The minimum Gasteiger partial charge on any atom is -0.328 e. The quantitative estimate of drug-likeness (QED) is 0.830. The first-order valence-electron chi connectivity index (χ1n) is 5.49. The van der Waals surface area contributed by atoms with Crippen LogP contribution in [0.25, 0.3) is 0 Å². The van der Waals surface area contributed by atoms with Crippen LogP contribution in [0.4, 0.5) is 15.9 Å². The fourth-order valence-corrected chi connectivity index (χ4v) is 1.87. The number of benzene rings is 1. The molecule has 0 fully saturated rings. The molecule has 0 unspecified atom stereocenters. The van der Waals surface area contributed by atoms with E-state index < -0.39 is 0 Å². The third-order valence-electron chi connectivity index (χ3n) is 2.95. The van der Waals surface area contributed by atoms with Crippen LogP contribution in [0.2, 0.25) is 5.15 Å². The molecule has 2 rings (SSSR count). The van der Waals surface area contributed by atoms with Crippen LogP contribution >= 0.6 is 11.6 Å². The van der Waals surface area contributed by atoms with Crippen LogP contribution in [-0.2, 0) is 0 Å². The van der Waals surface area contributed by atoms with E-state index in [0.29, 0.717) is 16.7 Å². The molecule has 0 aliphatic heterocycles. The predicted molar refractivity (Wildman–Crippen MR) is 71.0 cm³/mol. The number of anilines is 2. The number of hydrogen-bond acceptors (Lipinski definition) is 3. The van der Waals surface area contributed by atoms with E-state index in [9.17, 15) is 4.39 Å². The lowest BCUT2D eigenvalue weighted by Gasteiger charge is -2.20. The zero-order valence-electron chi connectivity index (χ0n) is 10.4. The molecule has 0 aliphatic rings. The summed E-state index contributed by atoms with van der Waals surface area (Å²) in [4.78, 5) is 1.79. The Bertz CT molecular complexity index is 586. The Morgan fingerprint density at radius 2 is 1.89 bits per heavy atom. The molecule has 1 aromatic carbocycles. The van der Waals surface area contributed by atoms with Crippen molar-refractivity contribution < 1.29 is 4.39 Å². The molecule has 3 nitrogen and oxygen atoms in total. The summed E-state index contributed by atoms with van der Waals surface area (Å²) in [5, 5.41) is 8.35. The smallest absolute Gasteiger partial charge is 0.158 e. The van der Waals surface area contributed by atoms with Crippen LogP contribution in [-0.4, -0.2) is 17.2 Å². The largest absolute Gasteiger partial charge is 0.328 e. The maximum absolute atomic E-state index is 13.2. The lowest BCUT2D eigenvalue weighted by Crippen LogP contribution is -2.14. The highest BCUT2D eigenvalue weighted by atomic mass is 35.5. The third kappa shape index (κ3) is 2.29. The van der Waals surface area contributed by atoms with Crippen LogP contribution in [0, 0.1) is 19.7 Å². The van der Waals surface area contributed by atoms with Crippen molar-refractivity contribution in [3.63, 3.8) is 0 Å². The number of hydrogen-bond donors (Lipinski definition) is 0. The summed E-state index contributed by atoms with van der Waals surface area (Å²) >= 11 is 5.91. The topological polar surface area (TPSA) is 29.0 Å². The highest BCUT2D eigenvalue weighted by Gasteiger charge is 2.13. The van der Waals surface area contributed by atoms with E-state index >= 15 is 0 Å². The number of aromatic nitrogens is 2. The highest BCUT2D eigenvalue weighted by molar-refractivity contribution is 6.30. The molecule has 0 N–H and O–H groups in total. The minimum atomic E-state index is -0.282. The van der Waals surface area contributed by atoms with Gasteiger partial charge >= 0.3 is 0 Å². The van der Waals surface area contributed by atoms with Crippen LogP contribution in [0.3, 0.4) is 0 Å². The molecule has 0 saturated carbocycles. The highest BCUT2D eigenvalue weighted by Crippen LogP contribution is 2.28.